The second-order valence-corrected chi connectivity index (χ2v) is 3.67. The van der Waals surface area contributed by atoms with Crippen molar-refractivity contribution in [2.24, 2.45) is 0 Å². The third-order valence-corrected chi connectivity index (χ3v) is 2.51. The molecular formula is C4H6OS2. The van der Waals surface area contributed by atoms with Gasteiger partial charge < -0.3 is 0 Å². The Kier molecular flexibility index (Phi) is 1.65. The predicted molar refractivity (Wildman–Crippen MR) is 34.9 cm³/mol. The molecule has 0 aromatic carbocycles. The number of thiol groups is 1. The first-order valence-electron chi connectivity index (χ1n) is 2.10. The number of ketones is 1. The first-order chi connectivity index (χ1) is 3.29. The second kappa shape index (κ2) is 2.09. The Morgan fingerprint density at radius 3 is 2.71 bits per heavy atom. The van der Waals surface area contributed by atoms with E-state index in [1.807, 2.05) is 0 Å². The molecule has 3 heteroatoms. The molecule has 1 fully saturated rings. The van der Waals surface area contributed by atoms with Crippen molar-refractivity contribution in [2.75, 3.05) is 5.75 Å². The van der Waals surface area contributed by atoms with E-state index in [2.05, 4.69) is 12.6 Å². The summed E-state index contributed by atoms with van der Waals surface area (Å²) in [7, 11) is 0. The monoisotopic (exact) mass is 134 g/mol. The summed E-state index contributed by atoms with van der Waals surface area (Å²) in [6, 6.07) is 0. The maximum absolute atomic E-state index is 10.4. The number of hydrogen-bond acceptors (Lipinski definition) is 3. The van der Waals surface area contributed by atoms with Crippen LogP contribution in [0.3, 0.4) is 0 Å². The van der Waals surface area contributed by atoms with Crippen molar-refractivity contribution >= 4 is 30.2 Å². The molecule has 1 heterocycles. The highest BCUT2D eigenvalue weighted by molar-refractivity contribution is 8.11. The lowest BCUT2D eigenvalue weighted by Gasteiger charge is -1.88. The number of Topliss-reactive ketones (excluding diaryl/α,β-unsaturated/α-hetero) is 1. The fraction of sp³-hybridized carbons (Fsp3) is 0.750. The average molecular weight is 134 g/mol. The van der Waals surface area contributed by atoms with Crippen molar-refractivity contribution < 1.29 is 4.79 Å². The molecule has 0 radical (unpaired) electrons. The zero-order chi connectivity index (χ0) is 5.28. The normalized spacial score (nSPS) is 31.6. The Bertz CT molecular complexity index is 91.7. The Hall–Kier alpha value is 0.370. The molecule has 1 unspecified atom stereocenters. The van der Waals surface area contributed by atoms with Gasteiger partial charge in [-0.25, -0.2) is 0 Å². The van der Waals surface area contributed by atoms with E-state index in [9.17, 15) is 4.79 Å². The summed E-state index contributed by atoms with van der Waals surface area (Å²) in [6.45, 7) is 0. The summed E-state index contributed by atoms with van der Waals surface area (Å²) < 4.78 is 0.285. The summed E-state index contributed by atoms with van der Waals surface area (Å²) >= 11 is 5.71. The van der Waals surface area contributed by atoms with Crippen molar-refractivity contribution in [1.29, 1.82) is 0 Å². The van der Waals surface area contributed by atoms with E-state index in [4.69, 9.17) is 0 Å². The highest BCUT2D eigenvalue weighted by Crippen LogP contribution is 2.25. The molecule has 40 valence electrons. The smallest absolute Gasteiger partial charge is 0.144 e. The summed E-state index contributed by atoms with van der Waals surface area (Å²) in [6.07, 6.45) is 0.660. The first-order valence-corrected chi connectivity index (χ1v) is 3.67. The van der Waals surface area contributed by atoms with Crippen LogP contribution in [-0.4, -0.2) is 16.1 Å². The molecule has 1 nitrogen and oxygen atoms in total. The van der Waals surface area contributed by atoms with Gasteiger partial charge in [-0.15, -0.1) is 11.8 Å². The van der Waals surface area contributed by atoms with Crippen LogP contribution in [0.5, 0.6) is 0 Å². The van der Waals surface area contributed by atoms with Crippen LogP contribution in [0, 0.1) is 0 Å². The summed E-state index contributed by atoms with van der Waals surface area (Å²) in [5, 5.41) is 0. The van der Waals surface area contributed by atoms with Crippen LogP contribution in [0.4, 0.5) is 0 Å². The molecular weight excluding hydrogens is 128 g/mol. The van der Waals surface area contributed by atoms with Crippen molar-refractivity contribution in [3.8, 4) is 0 Å². The highest BCUT2D eigenvalue weighted by atomic mass is 32.2. The zero-order valence-corrected chi connectivity index (χ0v) is 5.47. The molecule has 1 aliphatic rings. The van der Waals surface area contributed by atoms with Gasteiger partial charge in [0.05, 0.1) is 10.3 Å². The Morgan fingerprint density at radius 1 is 1.86 bits per heavy atom. The van der Waals surface area contributed by atoms with E-state index in [-0.39, 0.29) is 4.58 Å². The second-order valence-electron chi connectivity index (χ2n) is 1.51. The lowest BCUT2D eigenvalue weighted by atomic mass is 10.4. The summed E-state index contributed by atoms with van der Waals surface area (Å²) in [5.74, 6) is 1.01. The van der Waals surface area contributed by atoms with Gasteiger partial charge in [0.2, 0.25) is 0 Å². The van der Waals surface area contributed by atoms with Crippen molar-refractivity contribution in [3.05, 3.63) is 0 Å². The van der Waals surface area contributed by atoms with Gasteiger partial charge >= 0.3 is 0 Å². The Morgan fingerprint density at radius 2 is 2.57 bits per heavy atom. The van der Waals surface area contributed by atoms with E-state index in [1.54, 1.807) is 11.8 Å². The molecule has 1 atom stereocenters. The van der Waals surface area contributed by atoms with Crippen LogP contribution in [0.1, 0.15) is 6.42 Å². The van der Waals surface area contributed by atoms with E-state index in [0.29, 0.717) is 18.0 Å². The van der Waals surface area contributed by atoms with Gasteiger partial charge in [0, 0.05) is 6.42 Å². The van der Waals surface area contributed by atoms with Gasteiger partial charge in [-0.1, -0.05) is 0 Å². The molecule has 0 aromatic rings. The molecule has 0 saturated carbocycles. The van der Waals surface area contributed by atoms with Gasteiger partial charge in [0.1, 0.15) is 5.78 Å². The van der Waals surface area contributed by atoms with Crippen LogP contribution in [0.2, 0.25) is 0 Å². The van der Waals surface area contributed by atoms with Gasteiger partial charge in [0.15, 0.2) is 0 Å². The first kappa shape index (κ1) is 5.51. The molecule has 0 N–H and O–H groups in total. The van der Waals surface area contributed by atoms with E-state index in [1.165, 1.54) is 0 Å². The number of carbonyl (C=O) groups is 1. The van der Waals surface area contributed by atoms with Crippen LogP contribution in [0.25, 0.3) is 0 Å². The number of rotatable bonds is 0. The molecule has 1 aliphatic heterocycles. The molecule has 7 heavy (non-hydrogen) atoms. The van der Waals surface area contributed by atoms with Crippen molar-refractivity contribution in [2.45, 2.75) is 11.0 Å². The van der Waals surface area contributed by atoms with Gasteiger partial charge in [-0.2, -0.15) is 12.6 Å². The van der Waals surface area contributed by atoms with Crippen LogP contribution >= 0.6 is 24.4 Å². The van der Waals surface area contributed by atoms with Gasteiger partial charge in [0.25, 0.3) is 0 Å². The molecule has 1 saturated heterocycles. The van der Waals surface area contributed by atoms with Crippen LogP contribution in [0.15, 0.2) is 0 Å². The molecule has 0 amide bonds. The van der Waals surface area contributed by atoms with E-state index < -0.39 is 0 Å². The number of hydrogen-bond donors (Lipinski definition) is 1. The SMILES string of the molecule is O=C1CSC(S)C1. The minimum Gasteiger partial charge on any atom is -0.299 e. The highest BCUT2D eigenvalue weighted by Gasteiger charge is 2.18. The summed E-state index contributed by atoms with van der Waals surface area (Å²) in [5.41, 5.74) is 0. The summed E-state index contributed by atoms with van der Waals surface area (Å²) in [4.78, 5) is 10.4. The van der Waals surface area contributed by atoms with Crippen molar-refractivity contribution in [3.63, 3.8) is 0 Å². The van der Waals surface area contributed by atoms with Crippen LogP contribution in [-0.2, 0) is 4.79 Å². The molecule has 0 aliphatic carbocycles. The minimum atomic E-state index is 0.285. The largest absolute Gasteiger partial charge is 0.299 e. The fourth-order valence-electron chi connectivity index (χ4n) is 0.502. The minimum absolute atomic E-state index is 0.285. The zero-order valence-electron chi connectivity index (χ0n) is 3.76. The predicted octanol–water partition coefficient (Wildman–Crippen LogP) is 0.948. The average Bonchev–Trinajstić information content (AvgIpc) is 1.87. The van der Waals surface area contributed by atoms with Gasteiger partial charge in [-0.3, -0.25) is 4.79 Å². The van der Waals surface area contributed by atoms with Crippen LogP contribution < -0.4 is 0 Å². The van der Waals surface area contributed by atoms with Gasteiger partial charge in [-0.05, 0) is 0 Å². The lowest BCUT2D eigenvalue weighted by molar-refractivity contribution is -0.115. The maximum Gasteiger partial charge on any atom is 0.144 e. The number of carbonyl (C=O) groups excluding carboxylic acids is 1. The molecule has 0 bridgehead atoms. The topological polar surface area (TPSA) is 17.1 Å². The third-order valence-electron chi connectivity index (χ3n) is 0.839. The fourth-order valence-corrected chi connectivity index (χ4v) is 1.73. The Balaban J connectivity index is 2.40. The lowest BCUT2D eigenvalue weighted by Crippen LogP contribution is -1.91. The quantitative estimate of drug-likeness (QED) is 0.497. The number of thioether (sulfide) groups is 1. The maximum atomic E-state index is 10.4. The van der Waals surface area contributed by atoms with Crippen molar-refractivity contribution in [1.82, 2.24) is 0 Å². The Labute approximate surface area is 52.3 Å². The van der Waals surface area contributed by atoms with E-state index in [0.717, 1.165) is 0 Å². The van der Waals surface area contributed by atoms with E-state index >= 15 is 0 Å². The standard InChI is InChI=1S/C4H6OS2/c5-3-1-4(6)7-2-3/h4,6H,1-2H2. The third kappa shape index (κ3) is 1.39. The molecule has 0 aromatic heterocycles. The molecule has 0 spiro atoms. The molecule has 1 rings (SSSR count).